The van der Waals surface area contributed by atoms with Crippen LogP contribution in [0.15, 0.2) is 77.1 Å². The molecule has 0 fully saturated rings. The lowest BCUT2D eigenvalue weighted by atomic mass is 9.94. The van der Waals surface area contributed by atoms with Crippen LogP contribution in [0.1, 0.15) is 28.7 Å². The molecule has 3 rings (SSSR count). The van der Waals surface area contributed by atoms with E-state index in [4.69, 9.17) is 0 Å². The third-order valence-electron chi connectivity index (χ3n) is 4.34. The van der Waals surface area contributed by atoms with Crippen molar-refractivity contribution in [3.05, 3.63) is 100 Å². The van der Waals surface area contributed by atoms with E-state index in [0.717, 1.165) is 31.2 Å². The third-order valence-corrected chi connectivity index (χ3v) is 4.34. The molecule has 0 radical (unpaired) electrons. The number of halogens is 1. The van der Waals surface area contributed by atoms with E-state index in [2.05, 4.69) is 41.9 Å². The average Bonchev–Trinajstić information content (AvgIpc) is 2.86. The fraction of sp³-hybridized carbons (Fsp3) is 0.217. The number of allylic oxidation sites excluding steroid dienone is 3. The maximum absolute atomic E-state index is 13.3. The van der Waals surface area contributed by atoms with Crippen molar-refractivity contribution in [2.45, 2.75) is 32.6 Å². The summed E-state index contributed by atoms with van der Waals surface area (Å²) >= 11 is 0. The fourth-order valence-corrected chi connectivity index (χ4v) is 3.08. The largest absolute Gasteiger partial charge is 0.256 e. The Bertz CT molecular complexity index is 867. The molecular formula is C23H22FN. The molecule has 0 unspecified atom stereocenters. The molecule has 25 heavy (non-hydrogen) atoms. The molecular weight excluding hydrogens is 309 g/mol. The molecule has 0 bridgehead atoms. The molecule has 1 heterocycles. The second kappa shape index (κ2) is 8.41. The highest BCUT2D eigenvalue weighted by molar-refractivity contribution is 5.80. The SMILES string of the molecule is Cc1ccc(CC2=CC=C=CN=C2)c(CCCc2cccc(F)c2)c1. The third kappa shape index (κ3) is 5.14. The maximum atomic E-state index is 13.3. The molecule has 2 aromatic carbocycles. The zero-order valence-electron chi connectivity index (χ0n) is 14.5. The zero-order chi connectivity index (χ0) is 17.5. The van der Waals surface area contributed by atoms with Gasteiger partial charge >= 0.3 is 0 Å². The average molecular weight is 331 g/mol. The summed E-state index contributed by atoms with van der Waals surface area (Å²) in [5.74, 6) is -0.157. The summed E-state index contributed by atoms with van der Waals surface area (Å²) in [6, 6.07) is 13.5. The van der Waals surface area contributed by atoms with Gasteiger partial charge in [-0.2, -0.15) is 0 Å². The molecule has 0 saturated heterocycles. The summed E-state index contributed by atoms with van der Waals surface area (Å²) < 4.78 is 13.3. The van der Waals surface area contributed by atoms with Gasteiger partial charge in [0.2, 0.25) is 0 Å². The highest BCUT2D eigenvalue weighted by Crippen LogP contribution is 2.19. The summed E-state index contributed by atoms with van der Waals surface area (Å²) in [5, 5.41) is 0. The van der Waals surface area contributed by atoms with Crippen LogP contribution >= 0.6 is 0 Å². The molecule has 2 heteroatoms. The molecule has 0 atom stereocenters. The number of nitrogens with zero attached hydrogens (tertiary/aromatic N) is 1. The molecule has 0 amide bonds. The van der Waals surface area contributed by atoms with Gasteiger partial charge < -0.3 is 0 Å². The van der Waals surface area contributed by atoms with E-state index < -0.39 is 0 Å². The van der Waals surface area contributed by atoms with Crippen molar-refractivity contribution in [2.24, 2.45) is 4.99 Å². The van der Waals surface area contributed by atoms with Gasteiger partial charge in [-0.1, -0.05) is 35.9 Å². The van der Waals surface area contributed by atoms with Gasteiger partial charge in [0.15, 0.2) is 0 Å². The van der Waals surface area contributed by atoms with Gasteiger partial charge in [0.25, 0.3) is 0 Å². The van der Waals surface area contributed by atoms with Gasteiger partial charge in [0, 0.05) is 6.21 Å². The minimum Gasteiger partial charge on any atom is -0.256 e. The Balaban J connectivity index is 1.69. The topological polar surface area (TPSA) is 12.4 Å². The van der Waals surface area contributed by atoms with E-state index in [1.807, 2.05) is 18.4 Å². The number of benzene rings is 2. The van der Waals surface area contributed by atoms with Crippen LogP contribution in [0.2, 0.25) is 0 Å². The Kier molecular flexibility index (Phi) is 5.77. The molecule has 2 aromatic rings. The predicted octanol–water partition coefficient (Wildman–Crippen LogP) is 5.53. The smallest absolute Gasteiger partial charge is 0.123 e. The van der Waals surface area contributed by atoms with Gasteiger partial charge in [0.1, 0.15) is 5.82 Å². The van der Waals surface area contributed by atoms with Crippen LogP contribution in [0.25, 0.3) is 0 Å². The van der Waals surface area contributed by atoms with Crippen LogP contribution < -0.4 is 0 Å². The van der Waals surface area contributed by atoms with Crippen molar-refractivity contribution in [3.63, 3.8) is 0 Å². The highest BCUT2D eigenvalue weighted by Gasteiger charge is 2.06. The summed E-state index contributed by atoms with van der Waals surface area (Å²) in [7, 11) is 0. The fourth-order valence-electron chi connectivity index (χ4n) is 3.08. The summed E-state index contributed by atoms with van der Waals surface area (Å²) in [6.07, 6.45) is 11.3. The highest BCUT2D eigenvalue weighted by atomic mass is 19.1. The normalized spacial score (nSPS) is 13.0. The van der Waals surface area contributed by atoms with Crippen molar-refractivity contribution in [3.8, 4) is 0 Å². The molecule has 1 nitrogen and oxygen atoms in total. The quantitative estimate of drug-likeness (QED) is 0.617. The van der Waals surface area contributed by atoms with E-state index in [0.29, 0.717) is 0 Å². The minimum atomic E-state index is -0.157. The Hall–Kier alpha value is -2.70. The molecule has 0 aromatic heterocycles. The first-order valence-corrected chi connectivity index (χ1v) is 8.67. The first-order valence-electron chi connectivity index (χ1n) is 8.67. The minimum absolute atomic E-state index is 0.157. The van der Waals surface area contributed by atoms with Crippen LogP contribution in [-0.2, 0) is 19.3 Å². The van der Waals surface area contributed by atoms with Gasteiger partial charge in [-0.3, -0.25) is 4.99 Å². The van der Waals surface area contributed by atoms with Crippen molar-refractivity contribution in [2.75, 3.05) is 0 Å². The Morgan fingerprint density at radius 1 is 1.04 bits per heavy atom. The number of rotatable bonds is 6. The number of hydrogen-bond acceptors (Lipinski definition) is 1. The van der Waals surface area contributed by atoms with E-state index in [9.17, 15) is 4.39 Å². The molecule has 0 aliphatic carbocycles. The molecule has 126 valence electrons. The van der Waals surface area contributed by atoms with Gasteiger partial charge in [0.05, 0.1) is 6.20 Å². The van der Waals surface area contributed by atoms with E-state index in [1.165, 1.54) is 28.3 Å². The predicted molar refractivity (Wildman–Crippen MR) is 103 cm³/mol. The Morgan fingerprint density at radius 3 is 2.84 bits per heavy atom. The zero-order valence-corrected chi connectivity index (χ0v) is 14.5. The van der Waals surface area contributed by atoms with Crippen LogP contribution in [-0.4, -0.2) is 6.21 Å². The molecule has 0 saturated carbocycles. The van der Waals surface area contributed by atoms with Crippen molar-refractivity contribution in [1.29, 1.82) is 0 Å². The van der Waals surface area contributed by atoms with Crippen molar-refractivity contribution in [1.82, 2.24) is 0 Å². The van der Waals surface area contributed by atoms with E-state index in [-0.39, 0.29) is 5.82 Å². The molecule has 1 aliphatic rings. The summed E-state index contributed by atoms with van der Waals surface area (Å²) in [4.78, 5) is 4.21. The lowest BCUT2D eigenvalue weighted by Crippen LogP contribution is -2.00. The second-order valence-corrected chi connectivity index (χ2v) is 6.41. The van der Waals surface area contributed by atoms with Gasteiger partial charge in [-0.05, 0) is 79.2 Å². The second-order valence-electron chi connectivity index (χ2n) is 6.41. The van der Waals surface area contributed by atoms with Crippen molar-refractivity contribution < 1.29 is 4.39 Å². The first kappa shape index (κ1) is 17.1. The molecule has 0 N–H and O–H groups in total. The van der Waals surface area contributed by atoms with Crippen LogP contribution in [0.3, 0.4) is 0 Å². The summed E-state index contributed by atoms with van der Waals surface area (Å²) in [6.45, 7) is 2.12. The maximum Gasteiger partial charge on any atom is 0.123 e. The Labute approximate surface area is 148 Å². The molecule has 0 spiro atoms. The first-order chi connectivity index (χ1) is 12.2. The molecule has 1 aliphatic heterocycles. The lowest BCUT2D eigenvalue weighted by Gasteiger charge is -2.11. The van der Waals surface area contributed by atoms with Crippen LogP contribution in [0.4, 0.5) is 4.39 Å². The van der Waals surface area contributed by atoms with Crippen LogP contribution in [0, 0.1) is 12.7 Å². The number of aryl methyl sites for hydroxylation is 3. The van der Waals surface area contributed by atoms with Gasteiger partial charge in [-0.25, -0.2) is 4.39 Å². The summed E-state index contributed by atoms with van der Waals surface area (Å²) in [5.41, 5.74) is 9.20. The monoisotopic (exact) mass is 331 g/mol. The van der Waals surface area contributed by atoms with E-state index >= 15 is 0 Å². The van der Waals surface area contributed by atoms with Crippen LogP contribution in [0.5, 0.6) is 0 Å². The van der Waals surface area contributed by atoms with E-state index in [1.54, 1.807) is 18.3 Å². The Morgan fingerprint density at radius 2 is 1.96 bits per heavy atom. The lowest BCUT2D eigenvalue weighted by molar-refractivity contribution is 0.624. The standard InChI is InChI=1S/C23H22FN/c1-18-11-12-22(15-20-6-2-3-13-25-17-20)21(14-18)9-4-7-19-8-5-10-23(24)16-19/h2,5-6,8,10-14,16-17H,4,7,9,15H2,1H3. The number of hydrogen-bond donors (Lipinski definition) is 0. The van der Waals surface area contributed by atoms with Crippen molar-refractivity contribution >= 4 is 6.21 Å². The number of aliphatic imine (C=N–C) groups is 1. The van der Waals surface area contributed by atoms with Gasteiger partial charge in [-0.15, -0.1) is 5.73 Å².